The second-order valence-electron chi connectivity index (χ2n) is 5.56. The Morgan fingerprint density at radius 3 is 2.38 bits per heavy atom. The van der Waals surface area contributed by atoms with Gasteiger partial charge in [0.25, 0.3) is 10.0 Å². The van der Waals surface area contributed by atoms with Crippen molar-refractivity contribution in [2.45, 2.75) is 57.1 Å². The van der Waals surface area contributed by atoms with Crippen molar-refractivity contribution in [2.75, 3.05) is 13.1 Å². The maximum atomic E-state index is 12.5. The van der Waals surface area contributed by atoms with Crippen molar-refractivity contribution in [2.24, 2.45) is 0 Å². The lowest BCUT2D eigenvalue weighted by Gasteiger charge is -2.20. The van der Waals surface area contributed by atoms with Gasteiger partial charge in [-0.15, -0.1) is 0 Å². The van der Waals surface area contributed by atoms with Gasteiger partial charge in [0.2, 0.25) is 0 Å². The van der Waals surface area contributed by atoms with Crippen molar-refractivity contribution in [1.29, 1.82) is 0 Å². The van der Waals surface area contributed by atoms with Crippen LogP contribution in [0.5, 0.6) is 0 Å². The summed E-state index contributed by atoms with van der Waals surface area (Å²) < 4.78 is 26.6. The quantitative estimate of drug-likeness (QED) is 0.759. The number of sulfonamides is 1. The lowest BCUT2D eigenvalue weighted by Crippen LogP contribution is -2.33. The second kappa shape index (κ2) is 7.33. The van der Waals surface area contributed by atoms with Gasteiger partial charge in [-0.25, -0.2) is 13.4 Å². The predicted octanol–water partition coefficient (Wildman–Crippen LogP) is 2.14. The molecule has 1 saturated carbocycles. The molecule has 1 aromatic rings. The van der Waals surface area contributed by atoms with Crippen LogP contribution in [0.15, 0.2) is 23.4 Å². The van der Waals surface area contributed by atoms with Crippen LogP contribution in [0, 0.1) is 0 Å². The van der Waals surface area contributed by atoms with Gasteiger partial charge in [0.1, 0.15) is 0 Å². The van der Waals surface area contributed by atoms with Crippen LogP contribution in [0.2, 0.25) is 0 Å². The molecule has 118 valence electrons. The average Bonchev–Trinajstić information content (AvgIpc) is 3.29. The van der Waals surface area contributed by atoms with Gasteiger partial charge in [-0.05, 0) is 37.3 Å². The number of nitrogens with one attached hydrogen (secondary N) is 1. The molecule has 1 aromatic heterocycles. The van der Waals surface area contributed by atoms with E-state index in [1.54, 1.807) is 12.3 Å². The summed E-state index contributed by atoms with van der Waals surface area (Å²) in [5.41, 5.74) is 1.03. The van der Waals surface area contributed by atoms with Gasteiger partial charge in [0.05, 0.1) is 0 Å². The highest BCUT2D eigenvalue weighted by Gasteiger charge is 2.24. The molecule has 0 spiro atoms. The summed E-state index contributed by atoms with van der Waals surface area (Å²) in [5.74, 6) is 0. The Morgan fingerprint density at radius 1 is 1.24 bits per heavy atom. The van der Waals surface area contributed by atoms with Gasteiger partial charge in [0, 0.05) is 31.9 Å². The summed E-state index contributed by atoms with van der Waals surface area (Å²) >= 11 is 0. The summed E-state index contributed by atoms with van der Waals surface area (Å²) in [4.78, 5) is 4.16. The minimum atomic E-state index is -3.46. The summed E-state index contributed by atoms with van der Waals surface area (Å²) in [6, 6.07) is 4.11. The van der Waals surface area contributed by atoms with Crippen LogP contribution in [0.25, 0.3) is 0 Å². The topological polar surface area (TPSA) is 62.3 Å². The molecule has 1 fully saturated rings. The molecule has 0 aliphatic heterocycles. The van der Waals surface area contributed by atoms with E-state index in [4.69, 9.17) is 0 Å². The third kappa shape index (κ3) is 4.49. The Kier molecular flexibility index (Phi) is 5.72. The zero-order valence-corrected chi connectivity index (χ0v) is 13.7. The van der Waals surface area contributed by atoms with Crippen molar-refractivity contribution in [3.8, 4) is 0 Å². The highest BCUT2D eigenvalue weighted by Crippen LogP contribution is 2.19. The fourth-order valence-corrected chi connectivity index (χ4v) is 3.74. The maximum Gasteiger partial charge on any atom is 0.260 e. The fourth-order valence-electron chi connectivity index (χ4n) is 2.20. The molecule has 1 heterocycles. The average molecular weight is 311 g/mol. The monoisotopic (exact) mass is 311 g/mol. The predicted molar refractivity (Wildman–Crippen MR) is 83.4 cm³/mol. The lowest BCUT2D eigenvalue weighted by molar-refractivity contribution is 0.408. The molecule has 21 heavy (non-hydrogen) atoms. The molecular formula is C15H25N3O2S. The maximum absolute atomic E-state index is 12.5. The number of nitrogens with zero attached hydrogens (tertiary/aromatic N) is 2. The number of hydrogen-bond donors (Lipinski definition) is 1. The minimum Gasteiger partial charge on any atom is -0.310 e. The van der Waals surface area contributed by atoms with Crippen molar-refractivity contribution in [1.82, 2.24) is 14.6 Å². The summed E-state index contributed by atoms with van der Waals surface area (Å²) in [6.07, 6.45) is 5.76. The highest BCUT2D eigenvalue weighted by atomic mass is 32.2. The minimum absolute atomic E-state index is 0.152. The van der Waals surface area contributed by atoms with Crippen LogP contribution in [0.1, 0.15) is 45.1 Å². The molecular weight excluding hydrogens is 286 g/mol. The van der Waals surface area contributed by atoms with E-state index in [0.717, 1.165) is 24.9 Å². The largest absolute Gasteiger partial charge is 0.310 e. The molecule has 1 aliphatic carbocycles. The number of hydrogen-bond acceptors (Lipinski definition) is 4. The van der Waals surface area contributed by atoms with Crippen LogP contribution in [0.3, 0.4) is 0 Å². The molecule has 1 N–H and O–H groups in total. The van der Waals surface area contributed by atoms with Gasteiger partial charge < -0.3 is 5.32 Å². The van der Waals surface area contributed by atoms with Gasteiger partial charge >= 0.3 is 0 Å². The molecule has 6 heteroatoms. The molecule has 1 aliphatic rings. The van der Waals surface area contributed by atoms with E-state index in [1.165, 1.54) is 17.1 Å². The van der Waals surface area contributed by atoms with Crippen molar-refractivity contribution in [3.05, 3.63) is 23.9 Å². The van der Waals surface area contributed by atoms with E-state index in [0.29, 0.717) is 19.1 Å². The van der Waals surface area contributed by atoms with Crippen molar-refractivity contribution >= 4 is 10.0 Å². The Morgan fingerprint density at radius 2 is 1.90 bits per heavy atom. The normalized spacial score (nSPS) is 15.6. The Hall–Kier alpha value is -0.980. The first kappa shape index (κ1) is 16.4. The van der Waals surface area contributed by atoms with Gasteiger partial charge in [-0.2, -0.15) is 4.31 Å². The molecule has 0 saturated heterocycles. The molecule has 2 rings (SSSR count). The van der Waals surface area contributed by atoms with Crippen LogP contribution < -0.4 is 5.32 Å². The van der Waals surface area contributed by atoms with Gasteiger partial charge in [-0.3, -0.25) is 0 Å². The van der Waals surface area contributed by atoms with Gasteiger partial charge in [0.15, 0.2) is 5.03 Å². The number of rotatable bonds is 9. The van der Waals surface area contributed by atoms with E-state index in [1.807, 2.05) is 19.9 Å². The van der Waals surface area contributed by atoms with E-state index in [-0.39, 0.29) is 5.03 Å². The second-order valence-corrected chi connectivity index (χ2v) is 7.45. The molecule has 0 amide bonds. The first-order chi connectivity index (χ1) is 10.1. The molecule has 0 unspecified atom stereocenters. The van der Waals surface area contributed by atoms with Crippen LogP contribution in [0.4, 0.5) is 0 Å². The highest BCUT2D eigenvalue weighted by molar-refractivity contribution is 7.89. The first-order valence-corrected chi connectivity index (χ1v) is 9.20. The number of pyridine rings is 1. The van der Waals surface area contributed by atoms with Crippen LogP contribution in [-0.2, 0) is 16.6 Å². The van der Waals surface area contributed by atoms with E-state index in [2.05, 4.69) is 10.3 Å². The van der Waals surface area contributed by atoms with Crippen molar-refractivity contribution in [3.63, 3.8) is 0 Å². The van der Waals surface area contributed by atoms with Crippen molar-refractivity contribution < 1.29 is 8.42 Å². The van der Waals surface area contributed by atoms with E-state index < -0.39 is 10.0 Å². The zero-order chi connectivity index (χ0) is 15.3. The van der Waals surface area contributed by atoms with E-state index >= 15 is 0 Å². The van der Waals surface area contributed by atoms with Gasteiger partial charge in [-0.1, -0.05) is 19.9 Å². The standard InChI is InChI=1S/C15H25N3O2S/c1-3-9-18(10-4-2)21(19,20)15-8-5-13(12-17-15)11-16-14-6-7-14/h5,8,12,14,16H,3-4,6-7,9-11H2,1-2H3. The summed E-state index contributed by atoms with van der Waals surface area (Å²) in [7, 11) is -3.46. The Labute approximate surface area is 127 Å². The third-order valence-electron chi connectivity index (χ3n) is 3.52. The molecule has 5 nitrogen and oxygen atoms in total. The molecule has 0 radical (unpaired) electrons. The summed E-state index contributed by atoms with van der Waals surface area (Å²) in [5, 5.41) is 3.55. The molecule has 0 aromatic carbocycles. The van der Waals surface area contributed by atoms with Crippen LogP contribution >= 0.6 is 0 Å². The fraction of sp³-hybridized carbons (Fsp3) is 0.667. The summed E-state index contributed by atoms with van der Waals surface area (Å²) in [6.45, 7) is 5.81. The zero-order valence-electron chi connectivity index (χ0n) is 12.9. The lowest BCUT2D eigenvalue weighted by atomic mass is 10.3. The Balaban J connectivity index is 2.06. The SMILES string of the molecule is CCCN(CCC)S(=O)(=O)c1ccc(CNC2CC2)cn1. The Bertz CT molecular complexity index is 533. The molecule has 0 bridgehead atoms. The third-order valence-corrected chi connectivity index (χ3v) is 5.34. The smallest absolute Gasteiger partial charge is 0.260 e. The number of aromatic nitrogens is 1. The van der Waals surface area contributed by atoms with E-state index in [9.17, 15) is 8.42 Å². The first-order valence-electron chi connectivity index (χ1n) is 7.76. The van der Waals surface area contributed by atoms with Crippen LogP contribution in [-0.4, -0.2) is 36.8 Å². The molecule has 0 atom stereocenters.